The molecule has 1 aromatic heterocycles. The summed E-state index contributed by atoms with van der Waals surface area (Å²) in [6, 6.07) is 1.91. The topological polar surface area (TPSA) is 0 Å². The predicted octanol–water partition coefficient (Wildman–Crippen LogP) is 3.62. The Hall–Kier alpha value is 0.280. The molecule has 0 saturated carbocycles. The van der Waals surface area contributed by atoms with Crippen molar-refractivity contribution in [2.24, 2.45) is 0 Å². The Labute approximate surface area is 68.4 Å². The average Bonchev–Trinajstić information content (AvgIpc) is 2.13. The molecule has 0 bridgehead atoms. The van der Waals surface area contributed by atoms with Gasteiger partial charge in [-0.2, -0.15) is 0 Å². The summed E-state index contributed by atoms with van der Waals surface area (Å²) in [5.74, 6) is 0. The second-order valence-electron chi connectivity index (χ2n) is 1.69. The van der Waals surface area contributed by atoms with Gasteiger partial charge in [0.05, 0.1) is 5.02 Å². The first kappa shape index (κ1) is 7.39. The van der Waals surface area contributed by atoms with Crippen LogP contribution in [-0.2, 0) is 6.42 Å². The molecule has 0 aromatic carbocycles. The van der Waals surface area contributed by atoms with Gasteiger partial charge in [-0.05, 0) is 12.5 Å². The van der Waals surface area contributed by atoms with Crippen LogP contribution in [0, 0.1) is 0 Å². The van der Waals surface area contributed by atoms with Gasteiger partial charge < -0.3 is 0 Å². The molecule has 0 spiro atoms. The fourth-order valence-corrected chi connectivity index (χ4v) is 1.94. The molecule has 0 aliphatic heterocycles. The second kappa shape index (κ2) is 2.91. The first-order chi connectivity index (χ1) is 4.24. The van der Waals surface area contributed by atoms with E-state index >= 15 is 0 Å². The molecule has 0 N–H and O–H groups in total. The Morgan fingerprint density at radius 1 is 1.56 bits per heavy atom. The quantitative estimate of drug-likeness (QED) is 0.620. The van der Waals surface area contributed by atoms with Gasteiger partial charge in [-0.25, -0.2) is 0 Å². The fourth-order valence-electron chi connectivity index (χ4n) is 0.566. The summed E-state index contributed by atoms with van der Waals surface area (Å²) < 4.78 is 0.702. The van der Waals surface area contributed by atoms with Crippen LogP contribution < -0.4 is 0 Å². The molecule has 0 atom stereocenters. The second-order valence-corrected chi connectivity index (χ2v) is 3.83. The average molecular weight is 181 g/mol. The summed E-state index contributed by atoms with van der Waals surface area (Å²) in [4.78, 5) is 1.24. The van der Waals surface area contributed by atoms with Crippen LogP contribution >= 0.6 is 34.5 Å². The smallest absolute Gasteiger partial charge is 0.112 e. The lowest BCUT2D eigenvalue weighted by Crippen LogP contribution is -1.64. The maximum Gasteiger partial charge on any atom is 0.112 e. The number of hydrogen-bond donors (Lipinski definition) is 0. The van der Waals surface area contributed by atoms with Crippen molar-refractivity contribution in [2.75, 3.05) is 0 Å². The molecular formula is C6H6Cl2S. The molecule has 3 heteroatoms. The summed E-state index contributed by atoms with van der Waals surface area (Å²) in [5, 5.41) is 0.679. The molecule has 0 radical (unpaired) electrons. The minimum Gasteiger partial charge on any atom is -0.127 e. The molecule has 1 aromatic rings. The lowest BCUT2D eigenvalue weighted by molar-refractivity contribution is 1.19. The highest BCUT2D eigenvalue weighted by Gasteiger charge is 2.01. The Kier molecular flexibility index (Phi) is 2.39. The van der Waals surface area contributed by atoms with E-state index in [1.807, 2.05) is 6.07 Å². The third-order valence-electron chi connectivity index (χ3n) is 1.04. The summed E-state index contributed by atoms with van der Waals surface area (Å²) in [6.07, 6.45) is 1.01. The van der Waals surface area contributed by atoms with Crippen molar-refractivity contribution in [3.05, 3.63) is 20.3 Å². The van der Waals surface area contributed by atoms with E-state index in [1.165, 1.54) is 4.88 Å². The van der Waals surface area contributed by atoms with Crippen LogP contribution in [0.15, 0.2) is 6.07 Å². The van der Waals surface area contributed by atoms with Crippen LogP contribution in [-0.4, -0.2) is 0 Å². The van der Waals surface area contributed by atoms with Crippen LogP contribution in [0.5, 0.6) is 0 Å². The van der Waals surface area contributed by atoms with Crippen LogP contribution in [0.25, 0.3) is 0 Å². The highest BCUT2D eigenvalue weighted by molar-refractivity contribution is 7.16. The molecule has 1 rings (SSSR count). The molecule has 9 heavy (non-hydrogen) atoms. The molecule has 0 unspecified atom stereocenters. The van der Waals surface area contributed by atoms with E-state index in [-0.39, 0.29) is 0 Å². The third kappa shape index (κ3) is 1.60. The van der Waals surface area contributed by atoms with Gasteiger partial charge in [0.15, 0.2) is 0 Å². The standard InChI is InChI=1S/C6H6Cl2S/c1-2-4-3-5(7)6(8)9-4/h3H,2H2,1H3. The van der Waals surface area contributed by atoms with Crippen LogP contribution in [0.4, 0.5) is 0 Å². The Balaban J connectivity index is 2.98. The zero-order valence-corrected chi connectivity index (χ0v) is 7.28. The van der Waals surface area contributed by atoms with Gasteiger partial charge in [0.25, 0.3) is 0 Å². The Morgan fingerprint density at radius 3 is 2.44 bits per heavy atom. The first-order valence-corrected chi connectivity index (χ1v) is 4.25. The van der Waals surface area contributed by atoms with Crippen molar-refractivity contribution < 1.29 is 0 Å². The molecule has 0 fully saturated rings. The number of halogens is 2. The Morgan fingerprint density at radius 2 is 2.22 bits per heavy atom. The van der Waals surface area contributed by atoms with Gasteiger partial charge in [-0.1, -0.05) is 30.1 Å². The van der Waals surface area contributed by atoms with Gasteiger partial charge in [0.1, 0.15) is 4.34 Å². The molecule has 0 saturated heterocycles. The Bertz CT molecular complexity index is 185. The van der Waals surface area contributed by atoms with Gasteiger partial charge in [0, 0.05) is 4.88 Å². The maximum atomic E-state index is 5.69. The van der Waals surface area contributed by atoms with Crippen molar-refractivity contribution in [3.63, 3.8) is 0 Å². The van der Waals surface area contributed by atoms with Crippen molar-refractivity contribution in [2.45, 2.75) is 13.3 Å². The van der Waals surface area contributed by atoms with Crippen LogP contribution in [0.1, 0.15) is 11.8 Å². The van der Waals surface area contributed by atoms with Gasteiger partial charge in [-0.3, -0.25) is 0 Å². The lowest BCUT2D eigenvalue weighted by atomic mass is 10.4. The first-order valence-electron chi connectivity index (χ1n) is 2.67. The summed E-state index contributed by atoms with van der Waals surface area (Å²) >= 11 is 12.9. The monoisotopic (exact) mass is 180 g/mol. The van der Waals surface area contributed by atoms with E-state index in [2.05, 4.69) is 6.92 Å². The number of hydrogen-bond acceptors (Lipinski definition) is 1. The van der Waals surface area contributed by atoms with Gasteiger partial charge in [-0.15, -0.1) is 11.3 Å². The number of aryl methyl sites for hydroxylation is 1. The van der Waals surface area contributed by atoms with E-state index in [1.54, 1.807) is 11.3 Å². The minimum absolute atomic E-state index is 0.679. The van der Waals surface area contributed by atoms with Crippen LogP contribution in [0.2, 0.25) is 9.36 Å². The van der Waals surface area contributed by atoms with Gasteiger partial charge >= 0.3 is 0 Å². The summed E-state index contributed by atoms with van der Waals surface area (Å²) in [5.41, 5.74) is 0. The summed E-state index contributed by atoms with van der Waals surface area (Å²) in [7, 11) is 0. The number of rotatable bonds is 1. The zero-order chi connectivity index (χ0) is 6.85. The van der Waals surface area contributed by atoms with E-state index in [4.69, 9.17) is 23.2 Å². The molecule has 0 aliphatic rings. The minimum atomic E-state index is 0.679. The van der Waals surface area contributed by atoms with Crippen LogP contribution in [0.3, 0.4) is 0 Å². The predicted molar refractivity (Wildman–Crippen MR) is 43.7 cm³/mol. The summed E-state index contributed by atoms with van der Waals surface area (Å²) in [6.45, 7) is 2.08. The van der Waals surface area contributed by atoms with E-state index < -0.39 is 0 Å². The highest BCUT2D eigenvalue weighted by Crippen LogP contribution is 2.31. The van der Waals surface area contributed by atoms with Crippen molar-refractivity contribution in [1.29, 1.82) is 0 Å². The van der Waals surface area contributed by atoms with Gasteiger partial charge in [0.2, 0.25) is 0 Å². The molecule has 0 aliphatic carbocycles. The van der Waals surface area contributed by atoms with Crippen molar-refractivity contribution >= 4 is 34.5 Å². The molecule has 0 nitrogen and oxygen atoms in total. The molecule has 1 heterocycles. The molecular weight excluding hydrogens is 175 g/mol. The van der Waals surface area contributed by atoms with E-state index in [0.29, 0.717) is 9.36 Å². The fraction of sp³-hybridized carbons (Fsp3) is 0.333. The molecule has 50 valence electrons. The van der Waals surface area contributed by atoms with Crippen molar-refractivity contribution in [1.82, 2.24) is 0 Å². The largest absolute Gasteiger partial charge is 0.127 e. The molecule has 0 amide bonds. The van der Waals surface area contributed by atoms with E-state index in [0.717, 1.165) is 6.42 Å². The third-order valence-corrected chi connectivity index (χ3v) is 3.05. The number of thiophene rings is 1. The lowest BCUT2D eigenvalue weighted by Gasteiger charge is -1.79. The zero-order valence-electron chi connectivity index (χ0n) is 4.95. The normalized spacial score (nSPS) is 10.1. The van der Waals surface area contributed by atoms with Crippen molar-refractivity contribution in [3.8, 4) is 0 Å². The highest BCUT2D eigenvalue weighted by atomic mass is 35.5. The SMILES string of the molecule is CCc1cc(Cl)c(Cl)s1. The maximum absolute atomic E-state index is 5.69. The van der Waals surface area contributed by atoms with E-state index in [9.17, 15) is 0 Å².